The molecule has 1 atom stereocenters. The van der Waals surface area contributed by atoms with Crippen molar-refractivity contribution in [3.63, 3.8) is 0 Å². The van der Waals surface area contributed by atoms with Crippen molar-refractivity contribution in [2.24, 2.45) is 0 Å². The molecule has 0 amide bonds. The van der Waals surface area contributed by atoms with Gasteiger partial charge in [-0.15, -0.1) is 0 Å². The highest BCUT2D eigenvalue weighted by atomic mass is 19.1. The van der Waals surface area contributed by atoms with Crippen molar-refractivity contribution in [2.75, 3.05) is 7.11 Å². The Balaban J connectivity index is 2.34. The van der Waals surface area contributed by atoms with E-state index in [0.29, 0.717) is 16.7 Å². The Morgan fingerprint density at radius 1 is 1.30 bits per heavy atom. The van der Waals surface area contributed by atoms with Gasteiger partial charge in [0.25, 0.3) is 0 Å². The third-order valence-electron chi connectivity index (χ3n) is 3.67. The topological polar surface area (TPSA) is 48.4 Å². The molecule has 4 nitrogen and oxygen atoms in total. The number of aromatic nitrogens is 1. The predicted octanol–water partition coefficient (Wildman–Crippen LogP) is 4.51. The van der Waals surface area contributed by atoms with Gasteiger partial charge in [-0.2, -0.15) is 0 Å². The number of ether oxygens (including phenoxy) is 2. The van der Waals surface area contributed by atoms with Crippen LogP contribution in [0.1, 0.15) is 50.0 Å². The first-order valence-corrected chi connectivity index (χ1v) is 7.90. The summed E-state index contributed by atoms with van der Waals surface area (Å²) in [6.45, 7) is 4.12. The maximum Gasteiger partial charge on any atom is 0.356 e. The van der Waals surface area contributed by atoms with E-state index < -0.39 is 5.97 Å². The molecule has 2 rings (SSSR count). The van der Waals surface area contributed by atoms with Crippen LogP contribution in [-0.2, 0) is 4.74 Å². The maximum absolute atomic E-state index is 13.6. The van der Waals surface area contributed by atoms with Gasteiger partial charge < -0.3 is 9.47 Å². The number of pyridine rings is 1. The van der Waals surface area contributed by atoms with Gasteiger partial charge in [-0.05, 0) is 38.0 Å². The molecule has 0 aliphatic rings. The van der Waals surface area contributed by atoms with Gasteiger partial charge in [-0.3, -0.25) is 0 Å². The molecule has 1 aromatic carbocycles. The number of rotatable bonds is 7. The summed E-state index contributed by atoms with van der Waals surface area (Å²) >= 11 is 0. The predicted molar refractivity (Wildman–Crippen MR) is 87.3 cm³/mol. The quantitative estimate of drug-likeness (QED) is 0.556. The second-order valence-electron chi connectivity index (χ2n) is 5.58. The standard InChI is InChI=1S/C18H22FNO3/c1-4-5-6-7-12(2)23-17-11-16(18(21)22-3)20-15-9-8-13(19)10-14(15)17/h8-12H,4-7H2,1-3H3. The van der Waals surface area contributed by atoms with Crippen molar-refractivity contribution in [3.8, 4) is 5.75 Å². The van der Waals surface area contributed by atoms with Crippen molar-refractivity contribution in [3.05, 3.63) is 35.8 Å². The number of carbonyl (C=O) groups excluding carboxylic acids is 1. The fourth-order valence-corrected chi connectivity index (χ4v) is 2.43. The Bertz CT molecular complexity index is 687. The molecular formula is C18H22FNO3. The van der Waals surface area contributed by atoms with Gasteiger partial charge in [-0.25, -0.2) is 14.2 Å². The van der Waals surface area contributed by atoms with E-state index in [-0.39, 0.29) is 17.6 Å². The number of hydrogen-bond acceptors (Lipinski definition) is 4. The van der Waals surface area contributed by atoms with E-state index in [1.165, 1.54) is 31.4 Å². The molecule has 0 aliphatic carbocycles. The van der Waals surface area contributed by atoms with Crippen LogP contribution in [0.4, 0.5) is 4.39 Å². The lowest BCUT2D eigenvalue weighted by molar-refractivity contribution is 0.0593. The largest absolute Gasteiger partial charge is 0.490 e. The highest BCUT2D eigenvalue weighted by Gasteiger charge is 2.15. The summed E-state index contributed by atoms with van der Waals surface area (Å²) in [6, 6.07) is 5.73. The monoisotopic (exact) mass is 319 g/mol. The number of nitrogens with zero attached hydrogens (tertiary/aromatic N) is 1. The van der Waals surface area contributed by atoms with Crippen molar-refractivity contribution < 1.29 is 18.7 Å². The van der Waals surface area contributed by atoms with E-state index in [2.05, 4.69) is 11.9 Å². The van der Waals surface area contributed by atoms with Crippen molar-refractivity contribution in [1.82, 2.24) is 4.98 Å². The smallest absolute Gasteiger partial charge is 0.356 e. The normalized spacial score (nSPS) is 12.2. The fraction of sp³-hybridized carbons (Fsp3) is 0.444. The number of unbranched alkanes of at least 4 members (excludes halogenated alkanes) is 2. The molecule has 0 aliphatic heterocycles. The number of carbonyl (C=O) groups is 1. The molecule has 23 heavy (non-hydrogen) atoms. The molecule has 1 heterocycles. The minimum atomic E-state index is -0.542. The summed E-state index contributed by atoms with van der Waals surface area (Å²) in [6.07, 6.45) is 4.23. The van der Waals surface area contributed by atoms with Crippen molar-refractivity contribution in [2.45, 2.75) is 45.6 Å². The van der Waals surface area contributed by atoms with E-state index in [0.717, 1.165) is 25.7 Å². The number of hydrogen-bond donors (Lipinski definition) is 0. The lowest BCUT2D eigenvalue weighted by atomic mass is 10.1. The van der Waals surface area contributed by atoms with E-state index in [1.807, 2.05) is 6.92 Å². The van der Waals surface area contributed by atoms with Gasteiger partial charge in [0.05, 0.1) is 18.7 Å². The van der Waals surface area contributed by atoms with Crippen LogP contribution in [0.25, 0.3) is 10.9 Å². The lowest BCUT2D eigenvalue weighted by Gasteiger charge is -2.17. The molecular weight excluding hydrogens is 297 g/mol. The SMILES string of the molecule is CCCCCC(C)Oc1cc(C(=O)OC)nc2ccc(F)cc12. The van der Waals surface area contributed by atoms with Gasteiger partial charge in [-0.1, -0.05) is 19.8 Å². The van der Waals surface area contributed by atoms with Crippen LogP contribution in [0.15, 0.2) is 24.3 Å². The average molecular weight is 319 g/mol. The Kier molecular flexibility index (Phi) is 5.90. The molecule has 0 saturated carbocycles. The molecule has 0 N–H and O–H groups in total. The minimum Gasteiger partial charge on any atom is -0.490 e. The molecule has 2 aromatic rings. The Labute approximate surface area is 135 Å². The van der Waals surface area contributed by atoms with Crippen molar-refractivity contribution >= 4 is 16.9 Å². The molecule has 0 bridgehead atoms. The number of fused-ring (bicyclic) bond motifs is 1. The van der Waals surface area contributed by atoms with Crippen LogP contribution in [0, 0.1) is 5.82 Å². The van der Waals surface area contributed by atoms with Gasteiger partial charge >= 0.3 is 5.97 Å². The molecule has 1 aromatic heterocycles. The van der Waals surface area contributed by atoms with Crippen LogP contribution in [-0.4, -0.2) is 24.2 Å². The maximum atomic E-state index is 13.6. The second kappa shape index (κ2) is 7.90. The lowest BCUT2D eigenvalue weighted by Crippen LogP contribution is -2.13. The third kappa shape index (κ3) is 4.41. The zero-order chi connectivity index (χ0) is 16.8. The number of esters is 1. The van der Waals surface area contributed by atoms with Crippen LogP contribution < -0.4 is 4.74 Å². The average Bonchev–Trinajstić information content (AvgIpc) is 2.54. The van der Waals surface area contributed by atoms with Gasteiger partial charge in [0.15, 0.2) is 5.69 Å². The van der Waals surface area contributed by atoms with Crippen molar-refractivity contribution in [1.29, 1.82) is 0 Å². The van der Waals surface area contributed by atoms with Crippen LogP contribution in [0.5, 0.6) is 5.75 Å². The van der Waals surface area contributed by atoms with E-state index in [1.54, 1.807) is 0 Å². The molecule has 124 valence electrons. The first-order valence-electron chi connectivity index (χ1n) is 7.90. The summed E-state index contributed by atoms with van der Waals surface area (Å²) < 4.78 is 24.2. The van der Waals surface area contributed by atoms with Crippen LogP contribution in [0.3, 0.4) is 0 Å². The first kappa shape index (κ1) is 17.2. The second-order valence-corrected chi connectivity index (χ2v) is 5.58. The fourth-order valence-electron chi connectivity index (χ4n) is 2.43. The molecule has 5 heteroatoms. The number of benzene rings is 1. The molecule has 0 radical (unpaired) electrons. The number of methoxy groups -OCH3 is 1. The molecule has 0 saturated heterocycles. The summed E-state index contributed by atoms with van der Waals surface area (Å²) in [7, 11) is 1.30. The molecule has 0 spiro atoms. The molecule has 0 fully saturated rings. The molecule has 1 unspecified atom stereocenters. The first-order chi connectivity index (χ1) is 11.0. The highest BCUT2D eigenvalue weighted by Crippen LogP contribution is 2.28. The third-order valence-corrected chi connectivity index (χ3v) is 3.67. The summed E-state index contributed by atoms with van der Waals surface area (Å²) in [5.74, 6) is -0.452. The summed E-state index contributed by atoms with van der Waals surface area (Å²) in [5.41, 5.74) is 0.660. The zero-order valence-corrected chi connectivity index (χ0v) is 13.8. The van der Waals surface area contributed by atoms with Gasteiger partial charge in [0.2, 0.25) is 0 Å². The van der Waals surface area contributed by atoms with Crippen LogP contribution >= 0.6 is 0 Å². The van der Waals surface area contributed by atoms with E-state index in [9.17, 15) is 9.18 Å². The summed E-state index contributed by atoms with van der Waals surface area (Å²) in [5, 5.41) is 0.556. The highest BCUT2D eigenvalue weighted by molar-refractivity contribution is 5.94. The Morgan fingerprint density at radius 3 is 2.78 bits per heavy atom. The summed E-state index contributed by atoms with van der Waals surface area (Å²) in [4.78, 5) is 16.0. The minimum absolute atomic E-state index is 0.0269. The van der Waals surface area contributed by atoms with E-state index in [4.69, 9.17) is 9.47 Å². The Morgan fingerprint density at radius 2 is 2.09 bits per heavy atom. The Hall–Kier alpha value is -2.17. The van der Waals surface area contributed by atoms with Gasteiger partial charge in [0, 0.05) is 11.5 Å². The number of halogens is 1. The zero-order valence-electron chi connectivity index (χ0n) is 13.8. The van der Waals surface area contributed by atoms with Crippen LogP contribution in [0.2, 0.25) is 0 Å². The van der Waals surface area contributed by atoms with Gasteiger partial charge in [0.1, 0.15) is 11.6 Å². The van der Waals surface area contributed by atoms with E-state index >= 15 is 0 Å².